The molecule has 4 nitrogen and oxygen atoms in total. The van der Waals surface area contributed by atoms with Crippen molar-refractivity contribution in [3.05, 3.63) is 53.9 Å². The Morgan fingerprint density at radius 1 is 1.33 bits per heavy atom. The zero-order valence-electron chi connectivity index (χ0n) is 12.7. The largest absolute Gasteiger partial charge is 0.497 e. The fraction of sp³-hybridized carbons (Fsp3) is 0.235. The molecule has 0 aromatic heterocycles. The minimum atomic E-state index is 0.770. The van der Waals surface area contributed by atoms with Gasteiger partial charge < -0.3 is 4.74 Å². The molecule has 4 heteroatoms. The van der Waals surface area contributed by atoms with Gasteiger partial charge in [-0.05, 0) is 35.9 Å². The van der Waals surface area contributed by atoms with Crippen molar-refractivity contribution in [3.63, 3.8) is 0 Å². The molecule has 1 aliphatic rings. The van der Waals surface area contributed by atoms with Gasteiger partial charge in [0.15, 0.2) is 6.21 Å². The number of methoxy groups -OCH3 is 1. The Labute approximate surface area is 125 Å². The highest BCUT2D eigenvalue weighted by Crippen LogP contribution is 2.18. The molecular formula is C17H20N3O+. The van der Waals surface area contributed by atoms with Crippen molar-refractivity contribution in [2.24, 2.45) is 5.10 Å². The average molecular weight is 282 g/mol. The average Bonchev–Trinajstić information content (AvgIpc) is 2.72. The van der Waals surface area contributed by atoms with E-state index in [4.69, 9.17) is 4.74 Å². The number of nitrogens with zero attached hydrogens (tertiary/aromatic N) is 3. The Morgan fingerprint density at radius 2 is 2.10 bits per heavy atom. The number of ether oxygens (including phenoxy) is 1. The second kappa shape index (κ2) is 7.27. The maximum absolute atomic E-state index is 5.14. The lowest BCUT2D eigenvalue weighted by atomic mass is 10.2. The van der Waals surface area contributed by atoms with E-state index in [9.17, 15) is 0 Å². The van der Waals surface area contributed by atoms with Crippen LogP contribution in [0.2, 0.25) is 0 Å². The van der Waals surface area contributed by atoms with Crippen molar-refractivity contribution in [1.82, 2.24) is 0 Å². The summed E-state index contributed by atoms with van der Waals surface area (Å²) in [4.78, 5) is 0. The van der Waals surface area contributed by atoms with Crippen LogP contribution in [0.1, 0.15) is 6.42 Å². The minimum absolute atomic E-state index is 0.770. The van der Waals surface area contributed by atoms with Crippen LogP contribution in [-0.2, 0) is 0 Å². The summed E-state index contributed by atoms with van der Waals surface area (Å²) in [6, 6.07) is 7.81. The standard InChI is InChI=1S/C17H20N3O/c1-19-13-4-5-15(11-14-19)10-12-18-20(2)16-6-8-17(21-3)9-7-16/h5-9,11-14H,10H2,1-3H3/q+1/b18-12+. The first-order valence-electron chi connectivity index (χ1n) is 6.78. The molecule has 0 unspecified atom stereocenters. The molecule has 0 radical (unpaired) electrons. The molecule has 0 amide bonds. The zero-order chi connectivity index (χ0) is 15.1. The SMILES string of the molecule is COc1ccc(N(C)/N=C/CC2=CC=[N+](C)C=C=C2)cc1. The van der Waals surface area contributed by atoms with Gasteiger partial charge in [-0.3, -0.25) is 5.01 Å². The third-order valence-electron chi connectivity index (χ3n) is 3.10. The van der Waals surface area contributed by atoms with Crippen molar-refractivity contribution in [2.45, 2.75) is 6.42 Å². The zero-order valence-corrected chi connectivity index (χ0v) is 12.7. The van der Waals surface area contributed by atoms with Crippen LogP contribution in [-0.4, -0.2) is 38.2 Å². The van der Waals surface area contributed by atoms with Gasteiger partial charge in [0, 0.05) is 25.8 Å². The normalized spacial score (nSPS) is 13.9. The molecule has 0 fully saturated rings. The van der Waals surface area contributed by atoms with Gasteiger partial charge in [-0.2, -0.15) is 5.10 Å². The predicted molar refractivity (Wildman–Crippen MR) is 87.5 cm³/mol. The van der Waals surface area contributed by atoms with E-state index in [1.807, 2.05) is 72.7 Å². The molecule has 1 aromatic rings. The second-order valence-electron chi connectivity index (χ2n) is 4.72. The van der Waals surface area contributed by atoms with Crippen LogP contribution in [0.5, 0.6) is 5.75 Å². The van der Waals surface area contributed by atoms with E-state index in [1.165, 1.54) is 5.57 Å². The van der Waals surface area contributed by atoms with Crippen LogP contribution in [0.25, 0.3) is 0 Å². The van der Waals surface area contributed by atoms with E-state index < -0.39 is 0 Å². The fourth-order valence-electron chi connectivity index (χ4n) is 1.83. The van der Waals surface area contributed by atoms with Crippen LogP contribution in [0.4, 0.5) is 5.69 Å². The Bertz CT molecular complexity index is 633. The summed E-state index contributed by atoms with van der Waals surface area (Å²) >= 11 is 0. The molecule has 21 heavy (non-hydrogen) atoms. The first-order chi connectivity index (χ1) is 10.2. The molecule has 1 aromatic carbocycles. The summed E-state index contributed by atoms with van der Waals surface area (Å²) in [7, 11) is 5.56. The van der Waals surface area contributed by atoms with Crippen molar-refractivity contribution >= 4 is 18.1 Å². The van der Waals surface area contributed by atoms with Crippen LogP contribution in [0.3, 0.4) is 0 Å². The van der Waals surface area contributed by atoms with Crippen LogP contribution < -0.4 is 9.75 Å². The van der Waals surface area contributed by atoms with Crippen molar-refractivity contribution in [2.75, 3.05) is 26.2 Å². The lowest BCUT2D eigenvalue weighted by Crippen LogP contribution is -2.08. The van der Waals surface area contributed by atoms with E-state index in [2.05, 4.69) is 16.9 Å². The number of hydrazone groups is 1. The topological polar surface area (TPSA) is 27.8 Å². The van der Waals surface area contributed by atoms with Gasteiger partial charge in [0.25, 0.3) is 0 Å². The van der Waals surface area contributed by atoms with Crippen molar-refractivity contribution < 1.29 is 9.31 Å². The summed E-state index contributed by atoms with van der Waals surface area (Å²) in [5, 5.41) is 6.27. The lowest BCUT2D eigenvalue weighted by Gasteiger charge is -2.13. The Balaban J connectivity index is 1.96. The molecule has 0 spiro atoms. The number of hydrogen-bond donors (Lipinski definition) is 0. The fourth-order valence-corrected chi connectivity index (χ4v) is 1.83. The van der Waals surface area contributed by atoms with E-state index >= 15 is 0 Å². The second-order valence-corrected chi connectivity index (χ2v) is 4.72. The summed E-state index contributed by atoms with van der Waals surface area (Å²) in [5.74, 6) is 0.844. The summed E-state index contributed by atoms with van der Waals surface area (Å²) < 4.78 is 7.11. The minimum Gasteiger partial charge on any atom is -0.497 e. The monoisotopic (exact) mass is 282 g/mol. The number of anilines is 1. The molecule has 0 saturated carbocycles. The number of hydrogen-bond acceptors (Lipinski definition) is 3. The van der Waals surface area contributed by atoms with Gasteiger partial charge in [0.1, 0.15) is 12.8 Å². The molecule has 0 bridgehead atoms. The molecular weight excluding hydrogens is 262 g/mol. The highest BCUT2D eigenvalue weighted by molar-refractivity contribution is 5.73. The van der Waals surface area contributed by atoms with Crippen LogP contribution in [0.15, 0.2) is 59.0 Å². The van der Waals surface area contributed by atoms with Crippen molar-refractivity contribution in [3.8, 4) is 5.75 Å². The van der Waals surface area contributed by atoms with Gasteiger partial charge in [0.2, 0.25) is 6.20 Å². The molecule has 1 aliphatic heterocycles. The molecule has 0 N–H and O–H groups in total. The van der Waals surface area contributed by atoms with Crippen LogP contribution >= 0.6 is 0 Å². The van der Waals surface area contributed by atoms with Crippen LogP contribution in [0, 0.1) is 0 Å². The molecule has 108 valence electrons. The summed E-state index contributed by atoms with van der Waals surface area (Å²) in [5.41, 5.74) is 5.30. The maximum Gasteiger partial charge on any atom is 0.212 e. The smallest absolute Gasteiger partial charge is 0.212 e. The van der Waals surface area contributed by atoms with E-state index in [-0.39, 0.29) is 0 Å². The van der Waals surface area contributed by atoms with Crippen molar-refractivity contribution in [1.29, 1.82) is 0 Å². The predicted octanol–water partition coefficient (Wildman–Crippen LogP) is 2.83. The first kappa shape index (κ1) is 14.8. The van der Waals surface area contributed by atoms with E-state index in [1.54, 1.807) is 7.11 Å². The Morgan fingerprint density at radius 3 is 2.81 bits per heavy atom. The molecule has 0 saturated heterocycles. The highest BCUT2D eigenvalue weighted by Gasteiger charge is 1.99. The van der Waals surface area contributed by atoms with Gasteiger partial charge in [-0.15, -0.1) is 0 Å². The number of benzene rings is 1. The molecule has 0 aliphatic carbocycles. The van der Waals surface area contributed by atoms with Gasteiger partial charge >= 0.3 is 0 Å². The third kappa shape index (κ3) is 4.48. The van der Waals surface area contributed by atoms with Gasteiger partial charge in [-0.25, -0.2) is 4.58 Å². The number of rotatable bonds is 5. The van der Waals surface area contributed by atoms with Gasteiger partial charge in [-0.1, -0.05) is 5.73 Å². The van der Waals surface area contributed by atoms with E-state index in [0.29, 0.717) is 0 Å². The lowest BCUT2D eigenvalue weighted by molar-refractivity contribution is -0.415. The molecule has 1 heterocycles. The molecule has 2 rings (SSSR count). The summed E-state index contributed by atoms with van der Waals surface area (Å²) in [6.45, 7) is 0. The first-order valence-corrected chi connectivity index (χ1v) is 6.78. The Hall–Kier alpha value is -2.58. The number of allylic oxidation sites excluding steroid dienone is 3. The molecule has 0 atom stereocenters. The Kier molecular flexibility index (Phi) is 5.13. The van der Waals surface area contributed by atoms with E-state index in [0.717, 1.165) is 17.9 Å². The maximum atomic E-state index is 5.14. The third-order valence-corrected chi connectivity index (χ3v) is 3.10. The van der Waals surface area contributed by atoms with Gasteiger partial charge in [0.05, 0.1) is 12.8 Å². The quantitative estimate of drug-likeness (QED) is 0.359. The summed E-state index contributed by atoms with van der Waals surface area (Å²) in [6.07, 6.45) is 10.6. The highest BCUT2D eigenvalue weighted by atomic mass is 16.5.